The fraction of sp³-hybridized carbons (Fsp3) is 0.800. The lowest BCUT2D eigenvalue weighted by atomic mass is 10.4. The lowest BCUT2D eigenvalue weighted by Crippen LogP contribution is -2.33. The number of thioether (sulfide) groups is 1. The third kappa shape index (κ3) is 5.37. The van der Waals surface area contributed by atoms with Crippen molar-refractivity contribution in [2.24, 2.45) is 5.73 Å². The third-order valence-corrected chi connectivity index (χ3v) is 2.64. The summed E-state index contributed by atoms with van der Waals surface area (Å²) in [6.45, 7) is 0. The molecule has 0 aromatic rings. The predicted octanol–water partition coefficient (Wildman–Crippen LogP) is -0.620. The van der Waals surface area contributed by atoms with Crippen LogP contribution >= 0.6 is 24.4 Å². The number of thiol groups is 1. The van der Waals surface area contributed by atoms with Gasteiger partial charge in [-0.15, -0.1) is 11.8 Å². The molecular formula is C5H11NO3S2. The van der Waals surface area contributed by atoms with Crippen LogP contribution in [0.2, 0.25) is 0 Å². The number of carboxylic acid groups (broad SMARTS) is 1. The third-order valence-electron chi connectivity index (χ3n) is 0.942. The van der Waals surface area contributed by atoms with Crippen molar-refractivity contribution in [3.63, 3.8) is 0 Å². The van der Waals surface area contributed by atoms with E-state index in [0.717, 1.165) is 11.8 Å². The number of aliphatic hydroxyl groups excluding tert-OH is 1. The monoisotopic (exact) mass is 197 g/mol. The van der Waals surface area contributed by atoms with Crippen LogP contribution in [0.5, 0.6) is 0 Å². The minimum absolute atomic E-state index is 0.205. The molecule has 11 heavy (non-hydrogen) atoms. The van der Waals surface area contributed by atoms with Gasteiger partial charge >= 0.3 is 5.97 Å². The number of hydrogen-bond donors (Lipinski definition) is 4. The zero-order chi connectivity index (χ0) is 8.85. The molecule has 4 N–H and O–H groups in total. The summed E-state index contributed by atoms with van der Waals surface area (Å²) in [4.78, 5) is 10.2. The molecule has 0 radical (unpaired) electrons. The molecule has 0 rings (SSSR count). The van der Waals surface area contributed by atoms with Crippen molar-refractivity contribution in [1.82, 2.24) is 0 Å². The molecule has 0 aliphatic rings. The number of nitrogens with two attached hydrogens (primary N) is 1. The Morgan fingerprint density at radius 1 is 1.73 bits per heavy atom. The van der Waals surface area contributed by atoms with Gasteiger partial charge in [-0.2, -0.15) is 12.6 Å². The number of aliphatic hydroxyl groups is 1. The highest BCUT2D eigenvalue weighted by Gasteiger charge is 2.13. The van der Waals surface area contributed by atoms with Crippen LogP contribution in [0.3, 0.4) is 0 Å². The van der Waals surface area contributed by atoms with Gasteiger partial charge in [0.05, 0.1) is 0 Å². The second-order valence-electron chi connectivity index (χ2n) is 1.92. The van der Waals surface area contributed by atoms with Gasteiger partial charge in [0.1, 0.15) is 11.5 Å². The summed E-state index contributed by atoms with van der Waals surface area (Å²) in [6, 6.07) is -0.908. The van der Waals surface area contributed by atoms with Crippen LogP contribution in [0, 0.1) is 0 Å². The van der Waals surface area contributed by atoms with Gasteiger partial charge in [0.25, 0.3) is 0 Å². The molecular weight excluding hydrogens is 186 g/mol. The van der Waals surface area contributed by atoms with E-state index in [9.17, 15) is 4.79 Å². The summed E-state index contributed by atoms with van der Waals surface area (Å²) in [5.41, 5.74) is 4.53. The molecule has 0 heterocycles. The van der Waals surface area contributed by atoms with Gasteiger partial charge in [-0.3, -0.25) is 4.79 Å². The number of carbonyl (C=O) groups is 1. The first-order valence-electron chi connectivity index (χ1n) is 2.97. The van der Waals surface area contributed by atoms with E-state index in [0.29, 0.717) is 5.75 Å². The lowest BCUT2D eigenvalue weighted by Gasteiger charge is -2.08. The molecule has 0 saturated heterocycles. The van der Waals surface area contributed by atoms with Gasteiger partial charge in [0, 0.05) is 11.5 Å². The Hall–Kier alpha value is 0.0900. The Labute approximate surface area is 74.6 Å². The number of hydrogen-bond acceptors (Lipinski definition) is 5. The van der Waals surface area contributed by atoms with Gasteiger partial charge in [-0.05, 0) is 0 Å². The molecule has 0 aromatic carbocycles. The standard InChI is InChI=1S/C5H11NO3S2/c6-3(5(8)9)2-11-4(7)1-10/h3-4,7,10H,1-2,6H2,(H,8,9)/t3-,4?/m0/s1. The Balaban J connectivity index is 3.45. The molecule has 0 amide bonds. The van der Waals surface area contributed by atoms with Crippen molar-refractivity contribution >= 4 is 30.4 Å². The Kier molecular flexibility index (Phi) is 5.75. The number of aliphatic carboxylic acids is 1. The normalized spacial score (nSPS) is 15.9. The summed E-state index contributed by atoms with van der Waals surface area (Å²) in [5, 5.41) is 17.3. The van der Waals surface area contributed by atoms with E-state index in [2.05, 4.69) is 12.6 Å². The Morgan fingerprint density at radius 3 is 2.64 bits per heavy atom. The molecule has 0 aliphatic heterocycles. The molecule has 2 atom stereocenters. The van der Waals surface area contributed by atoms with Crippen LogP contribution in [-0.2, 0) is 4.79 Å². The summed E-state index contributed by atoms with van der Waals surface area (Å²) in [7, 11) is 0. The second kappa shape index (κ2) is 5.70. The largest absolute Gasteiger partial charge is 0.480 e. The topological polar surface area (TPSA) is 83.5 Å². The molecule has 0 bridgehead atoms. The molecule has 1 unspecified atom stereocenters. The van der Waals surface area contributed by atoms with Crippen LogP contribution in [0.25, 0.3) is 0 Å². The Bertz CT molecular complexity index is 133. The summed E-state index contributed by atoms with van der Waals surface area (Å²) in [6.07, 6.45) is 0. The van der Waals surface area contributed by atoms with Crippen molar-refractivity contribution in [2.75, 3.05) is 11.5 Å². The lowest BCUT2D eigenvalue weighted by molar-refractivity contribution is -0.137. The first kappa shape index (κ1) is 11.1. The maximum Gasteiger partial charge on any atom is 0.321 e. The van der Waals surface area contributed by atoms with Crippen LogP contribution in [0.1, 0.15) is 0 Å². The van der Waals surface area contributed by atoms with E-state index in [-0.39, 0.29) is 5.75 Å². The van der Waals surface area contributed by atoms with Gasteiger partial charge in [-0.25, -0.2) is 0 Å². The van der Waals surface area contributed by atoms with E-state index in [4.69, 9.17) is 15.9 Å². The van der Waals surface area contributed by atoms with E-state index in [1.54, 1.807) is 0 Å². The van der Waals surface area contributed by atoms with Crippen molar-refractivity contribution in [3.05, 3.63) is 0 Å². The number of carboxylic acids is 1. The highest BCUT2D eigenvalue weighted by molar-refractivity contribution is 8.00. The maximum atomic E-state index is 10.2. The number of rotatable bonds is 5. The fourth-order valence-corrected chi connectivity index (χ4v) is 1.33. The second-order valence-corrected chi connectivity index (χ2v) is 3.49. The van der Waals surface area contributed by atoms with Gasteiger partial charge in [0.2, 0.25) is 0 Å². The van der Waals surface area contributed by atoms with Crippen molar-refractivity contribution < 1.29 is 15.0 Å². The molecule has 0 saturated carbocycles. The quantitative estimate of drug-likeness (QED) is 0.349. The van der Waals surface area contributed by atoms with Crippen molar-refractivity contribution in [3.8, 4) is 0 Å². The average Bonchev–Trinajstić information content (AvgIpc) is 1.99. The smallest absolute Gasteiger partial charge is 0.321 e. The zero-order valence-electron chi connectivity index (χ0n) is 5.80. The van der Waals surface area contributed by atoms with Crippen LogP contribution in [-0.4, -0.2) is 39.2 Å². The van der Waals surface area contributed by atoms with Gasteiger partial charge in [-0.1, -0.05) is 0 Å². The average molecular weight is 197 g/mol. The fourth-order valence-electron chi connectivity index (χ4n) is 0.339. The molecule has 0 spiro atoms. The summed E-state index contributed by atoms with van der Waals surface area (Å²) < 4.78 is 0. The Morgan fingerprint density at radius 2 is 2.27 bits per heavy atom. The maximum absolute atomic E-state index is 10.2. The van der Waals surface area contributed by atoms with Crippen LogP contribution in [0.4, 0.5) is 0 Å². The molecule has 0 aromatic heterocycles. The van der Waals surface area contributed by atoms with Gasteiger partial charge < -0.3 is 15.9 Å². The van der Waals surface area contributed by atoms with Crippen LogP contribution in [0.15, 0.2) is 0 Å². The molecule has 66 valence electrons. The highest BCUT2D eigenvalue weighted by Crippen LogP contribution is 2.09. The van der Waals surface area contributed by atoms with Gasteiger partial charge in [0.15, 0.2) is 0 Å². The van der Waals surface area contributed by atoms with E-state index < -0.39 is 17.4 Å². The minimum Gasteiger partial charge on any atom is -0.480 e. The molecule has 0 fully saturated rings. The SMILES string of the molecule is N[C@@H](CSC(O)CS)C(=O)O. The first-order chi connectivity index (χ1) is 5.07. The summed E-state index contributed by atoms with van der Waals surface area (Å²) >= 11 is 4.90. The van der Waals surface area contributed by atoms with E-state index >= 15 is 0 Å². The molecule has 6 heteroatoms. The van der Waals surface area contributed by atoms with E-state index in [1.807, 2.05) is 0 Å². The van der Waals surface area contributed by atoms with Crippen molar-refractivity contribution in [1.29, 1.82) is 0 Å². The highest BCUT2D eigenvalue weighted by atomic mass is 32.2. The zero-order valence-corrected chi connectivity index (χ0v) is 7.52. The molecule has 0 aliphatic carbocycles. The van der Waals surface area contributed by atoms with Crippen molar-refractivity contribution in [2.45, 2.75) is 11.5 Å². The van der Waals surface area contributed by atoms with Crippen LogP contribution < -0.4 is 5.73 Å². The summed E-state index contributed by atoms with van der Waals surface area (Å²) in [5.74, 6) is -0.544. The molecule has 4 nitrogen and oxygen atoms in total. The first-order valence-corrected chi connectivity index (χ1v) is 4.65. The van der Waals surface area contributed by atoms with E-state index in [1.165, 1.54) is 0 Å². The predicted molar refractivity (Wildman–Crippen MR) is 47.9 cm³/mol. The minimum atomic E-state index is -1.05.